The summed E-state index contributed by atoms with van der Waals surface area (Å²) in [5.41, 5.74) is 17.5. The first-order chi connectivity index (χ1) is 36.0. The number of hydrogen-bond acceptors (Lipinski definition) is 14. The smallest absolute Gasteiger partial charge is 0.326 e. The van der Waals surface area contributed by atoms with Crippen LogP contribution < -0.4 is 65.1 Å². The molecule has 0 aliphatic rings. The number of aliphatic hydroxyl groups excluding tert-OH is 1. The topological polar surface area (TPSA) is 415 Å². The number of benzene rings is 2. The standard InChI is InChI=1S/C51H78N12O13/c1-29(2)22-36(48(72)62-39(51(75)76)23-30(3)4)58-43(67)27-55-45(69)37(24-32-14-8-6-9-15-32)60-49(73)38(25-33-16-10-7-11-17-33)61-47(71)35(19-20-41(54)65)59-50(74)40(28-64)63-44(68)31(5)56-46(70)34(18-12-13-21-52)57-42(66)26-53/h6-11,14-17,29-31,34-40,64H,12-13,18-28,52-53H2,1-5H3,(H2,54,65)(H,55,69)(H,56,70)(H,57,66)(H,58,67)(H,59,74)(H,60,73)(H,61,71)(H,62,72)(H,63,68)(H,75,76)/t31-,34-,35-,36-,37-,38-,39-,40-/m0/s1. The quantitative estimate of drug-likeness (QED) is 0.0306. The maximum Gasteiger partial charge on any atom is 0.326 e. The Balaban J connectivity index is 2.36. The Morgan fingerprint density at radius 2 is 0.921 bits per heavy atom. The van der Waals surface area contributed by atoms with Gasteiger partial charge in [-0.25, -0.2) is 4.79 Å². The molecule has 0 bridgehead atoms. The minimum absolute atomic E-state index is 0.0621. The lowest BCUT2D eigenvalue weighted by Crippen LogP contribution is -2.60. The number of aliphatic carboxylic acids is 1. The van der Waals surface area contributed by atoms with Gasteiger partial charge in [0.25, 0.3) is 0 Å². The van der Waals surface area contributed by atoms with E-state index in [1.165, 1.54) is 6.92 Å². The number of unbranched alkanes of at least 4 members (excludes halogenated alkanes) is 1. The fourth-order valence-electron chi connectivity index (χ4n) is 7.58. The van der Waals surface area contributed by atoms with Crippen LogP contribution in [-0.4, -0.2) is 150 Å². The van der Waals surface area contributed by atoms with Gasteiger partial charge < -0.3 is 75.3 Å². The van der Waals surface area contributed by atoms with Gasteiger partial charge in [0.2, 0.25) is 59.1 Å². The van der Waals surface area contributed by atoms with Crippen LogP contribution in [0.5, 0.6) is 0 Å². The Bertz CT molecular complexity index is 2250. The zero-order chi connectivity index (χ0) is 56.9. The van der Waals surface area contributed by atoms with Crippen molar-refractivity contribution >= 4 is 65.0 Å². The summed E-state index contributed by atoms with van der Waals surface area (Å²) < 4.78 is 0. The minimum atomic E-state index is -1.71. The Hall–Kier alpha value is -7.51. The first-order valence-electron chi connectivity index (χ1n) is 25.3. The van der Waals surface area contributed by atoms with E-state index < -0.39 is 146 Å². The zero-order valence-corrected chi connectivity index (χ0v) is 43.9. The number of hydrogen-bond donors (Lipinski definition) is 14. The van der Waals surface area contributed by atoms with Crippen LogP contribution >= 0.6 is 0 Å². The van der Waals surface area contributed by atoms with Crippen molar-refractivity contribution in [2.75, 3.05) is 26.2 Å². The number of carbonyl (C=O) groups excluding carboxylic acids is 10. The lowest BCUT2D eigenvalue weighted by Gasteiger charge is -2.27. The second-order valence-corrected chi connectivity index (χ2v) is 19.1. The van der Waals surface area contributed by atoms with Crippen LogP contribution in [0.1, 0.15) is 90.7 Å². The number of primary amides is 1. The lowest BCUT2D eigenvalue weighted by molar-refractivity contribution is -0.142. The lowest BCUT2D eigenvalue weighted by atomic mass is 10.0. The van der Waals surface area contributed by atoms with E-state index in [2.05, 4.69) is 47.9 Å². The van der Waals surface area contributed by atoms with E-state index in [1.54, 1.807) is 88.4 Å². The highest BCUT2D eigenvalue weighted by molar-refractivity contribution is 5.98. The molecule has 10 amide bonds. The van der Waals surface area contributed by atoms with Crippen LogP contribution in [0.3, 0.4) is 0 Å². The van der Waals surface area contributed by atoms with E-state index in [0.717, 1.165) is 0 Å². The molecule has 420 valence electrons. The molecule has 0 aliphatic carbocycles. The van der Waals surface area contributed by atoms with Gasteiger partial charge in [0.15, 0.2) is 0 Å². The number of carbonyl (C=O) groups is 11. The Morgan fingerprint density at radius 1 is 0.487 bits per heavy atom. The summed E-state index contributed by atoms with van der Waals surface area (Å²) in [5.74, 6) is -9.89. The van der Waals surface area contributed by atoms with Gasteiger partial charge in [0, 0.05) is 19.3 Å². The summed E-state index contributed by atoms with van der Waals surface area (Å²) in [4.78, 5) is 145. The van der Waals surface area contributed by atoms with Crippen molar-refractivity contribution in [1.82, 2.24) is 47.9 Å². The Kier molecular flexibility index (Phi) is 29.0. The van der Waals surface area contributed by atoms with Crippen LogP contribution in [0.4, 0.5) is 0 Å². The van der Waals surface area contributed by atoms with Gasteiger partial charge in [0.1, 0.15) is 48.3 Å². The number of nitrogens with one attached hydrogen (secondary N) is 9. The second kappa shape index (κ2) is 34.1. The molecular weight excluding hydrogens is 989 g/mol. The van der Waals surface area contributed by atoms with Crippen LogP contribution in [0.15, 0.2) is 60.7 Å². The molecule has 0 heterocycles. The van der Waals surface area contributed by atoms with Crippen molar-refractivity contribution < 1.29 is 63.0 Å². The Morgan fingerprint density at radius 3 is 1.42 bits per heavy atom. The van der Waals surface area contributed by atoms with Crippen molar-refractivity contribution in [2.24, 2.45) is 29.0 Å². The van der Waals surface area contributed by atoms with E-state index in [9.17, 15) is 63.0 Å². The van der Waals surface area contributed by atoms with Gasteiger partial charge in [-0.3, -0.25) is 47.9 Å². The molecule has 0 unspecified atom stereocenters. The van der Waals surface area contributed by atoms with Gasteiger partial charge in [0.05, 0.1) is 19.7 Å². The van der Waals surface area contributed by atoms with E-state index in [0.29, 0.717) is 30.5 Å². The maximum atomic E-state index is 14.4. The number of nitrogens with two attached hydrogens (primary N) is 3. The normalized spacial score (nSPS) is 14.2. The van der Waals surface area contributed by atoms with E-state index in [4.69, 9.17) is 17.2 Å². The summed E-state index contributed by atoms with van der Waals surface area (Å²) in [6.07, 6.45) is 0.347. The zero-order valence-electron chi connectivity index (χ0n) is 43.9. The summed E-state index contributed by atoms with van der Waals surface area (Å²) in [5, 5.41) is 42.3. The first-order valence-corrected chi connectivity index (χ1v) is 25.3. The average molecular weight is 1070 g/mol. The third-order valence-corrected chi connectivity index (χ3v) is 11.6. The summed E-state index contributed by atoms with van der Waals surface area (Å²) in [6, 6.07) is 6.05. The third-order valence-electron chi connectivity index (χ3n) is 11.6. The summed E-state index contributed by atoms with van der Waals surface area (Å²) in [7, 11) is 0. The fraction of sp³-hybridized carbons (Fsp3) is 0.549. The highest BCUT2D eigenvalue weighted by Crippen LogP contribution is 2.11. The average Bonchev–Trinajstić information content (AvgIpc) is 3.37. The number of rotatable bonds is 35. The first kappa shape index (κ1) is 64.6. The van der Waals surface area contributed by atoms with Gasteiger partial charge in [-0.15, -0.1) is 0 Å². The van der Waals surface area contributed by atoms with Crippen LogP contribution in [-0.2, 0) is 65.6 Å². The van der Waals surface area contributed by atoms with Crippen molar-refractivity contribution in [3.63, 3.8) is 0 Å². The predicted molar refractivity (Wildman–Crippen MR) is 278 cm³/mol. The second-order valence-electron chi connectivity index (χ2n) is 19.1. The molecule has 0 saturated heterocycles. The number of carboxylic acid groups (broad SMARTS) is 1. The van der Waals surface area contributed by atoms with Crippen LogP contribution in [0.2, 0.25) is 0 Å². The monoisotopic (exact) mass is 1070 g/mol. The van der Waals surface area contributed by atoms with Crippen LogP contribution in [0, 0.1) is 11.8 Å². The molecule has 2 aromatic carbocycles. The molecule has 25 heteroatoms. The van der Waals surface area contributed by atoms with Crippen molar-refractivity contribution in [1.29, 1.82) is 0 Å². The summed E-state index contributed by atoms with van der Waals surface area (Å²) >= 11 is 0. The maximum absolute atomic E-state index is 14.4. The molecule has 0 fully saturated rings. The minimum Gasteiger partial charge on any atom is -0.480 e. The number of carboxylic acids is 1. The van der Waals surface area contributed by atoms with Crippen molar-refractivity contribution in [3.05, 3.63) is 71.8 Å². The molecular formula is C51H78N12O13. The van der Waals surface area contributed by atoms with E-state index in [-0.39, 0.29) is 43.9 Å². The third kappa shape index (κ3) is 24.7. The fourth-order valence-corrected chi connectivity index (χ4v) is 7.58. The van der Waals surface area contributed by atoms with Crippen LogP contribution in [0.25, 0.3) is 0 Å². The summed E-state index contributed by atoms with van der Waals surface area (Å²) in [6.45, 7) is 6.78. The predicted octanol–water partition coefficient (Wildman–Crippen LogP) is -2.99. The van der Waals surface area contributed by atoms with E-state index >= 15 is 0 Å². The molecule has 17 N–H and O–H groups in total. The van der Waals surface area contributed by atoms with Gasteiger partial charge in [-0.05, 0) is 75.0 Å². The molecule has 0 saturated carbocycles. The Labute approximate surface area is 442 Å². The number of aliphatic hydroxyl groups is 1. The molecule has 0 aliphatic heterocycles. The van der Waals surface area contributed by atoms with Gasteiger partial charge in [-0.1, -0.05) is 88.4 Å². The highest BCUT2D eigenvalue weighted by atomic mass is 16.4. The number of amides is 10. The molecule has 2 aromatic rings. The van der Waals surface area contributed by atoms with E-state index in [1.807, 2.05) is 0 Å². The highest BCUT2D eigenvalue weighted by Gasteiger charge is 2.34. The van der Waals surface area contributed by atoms with Gasteiger partial charge in [-0.2, -0.15) is 0 Å². The molecule has 2 rings (SSSR count). The molecule has 25 nitrogen and oxygen atoms in total. The van der Waals surface area contributed by atoms with Crippen molar-refractivity contribution in [2.45, 2.75) is 141 Å². The molecule has 8 atom stereocenters. The van der Waals surface area contributed by atoms with Gasteiger partial charge >= 0.3 is 5.97 Å². The molecule has 76 heavy (non-hydrogen) atoms. The SMILES string of the molecule is CC(C)C[C@H](NC(=O)[C@H](CC(C)C)NC(=O)CNC(=O)[C@H](Cc1ccccc1)NC(=O)[C@H](Cc1ccccc1)NC(=O)[C@H](CCC(N)=O)NC(=O)[C@H](CO)NC(=O)[C@H](C)NC(=O)[C@H](CCCCN)NC(=O)CN)C(=O)O. The molecule has 0 radical (unpaired) electrons. The van der Waals surface area contributed by atoms with Crippen molar-refractivity contribution in [3.8, 4) is 0 Å². The molecule has 0 aromatic heterocycles. The largest absolute Gasteiger partial charge is 0.480 e. The molecule has 0 spiro atoms.